The second-order valence-electron chi connectivity index (χ2n) is 6.33. The average Bonchev–Trinajstić information content (AvgIpc) is 2.68. The van der Waals surface area contributed by atoms with Crippen LogP contribution in [0.5, 0.6) is 5.75 Å². The van der Waals surface area contributed by atoms with Crippen molar-refractivity contribution in [3.8, 4) is 5.75 Å². The molecule has 1 fully saturated rings. The van der Waals surface area contributed by atoms with Crippen molar-refractivity contribution in [1.29, 1.82) is 0 Å². The number of carbonyl (C=O) groups is 2. The van der Waals surface area contributed by atoms with Gasteiger partial charge in [0, 0.05) is 43.6 Å². The van der Waals surface area contributed by atoms with Crippen LogP contribution < -0.4 is 10.1 Å². The number of piperazine rings is 1. The summed E-state index contributed by atoms with van der Waals surface area (Å²) in [7, 11) is 3.55. The number of nitrogens with zero attached hydrogens (tertiary/aromatic N) is 3. The number of hydrogen-bond acceptors (Lipinski definition) is 5. The number of anilines is 1. The van der Waals surface area contributed by atoms with Gasteiger partial charge in [-0.1, -0.05) is 11.6 Å². The fraction of sp³-hybridized carbons (Fsp3) is 0.316. The largest absolute Gasteiger partial charge is 0.495 e. The van der Waals surface area contributed by atoms with E-state index >= 15 is 0 Å². The molecule has 2 aromatic rings. The Morgan fingerprint density at radius 3 is 2.56 bits per heavy atom. The van der Waals surface area contributed by atoms with Crippen LogP contribution in [0.2, 0.25) is 5.02 Å². The molecule has 8 heteroatoms. The van der Waals surface area contributed by atoms with Crippen LogP contribution in [-0.2, 0) is 0 Å². The van der Waals surface area contributed by atoms with Gasteiger partial charge in [0.05, 0.1) is 12.1 Å². The topological polar surface area (TPSA) is 74.8 Å². The van der Waals surface area contributed by atoms with E-state index in [0.29, 0.717) is 35.1 Å². The molecule has 0 bridgehead atoms. The summed E-state index contributed by atoms with van der Waals surface area (Å²) in [6.07, 6.45) is 1.47. The van der Waals surface area contributed by atoms with Crippen molar-refractivity contribution in [2.24, 2.45) is 0 Å². The van der Waals surface area contributed by atoms with Crippen molar-refractivity contribution in [3.63, 3.8) is 0 Å². The molecule has 0 spiro atoms. The number of methoxy groups -OCH3 is 1. The first-order valence-corrected chi connectivity index (χ1v) is 8.94. The Kier molecular flexibility index (Phi) is 5.93. The zero-order valence-corrected chi connectivity index (χ0v) is 16.0. The Morgan fingerprint density at radius 1 is 1.15 bits per heavy atom. The normalized spacial score (nSPS) is 14.7. The molecule has 0 unspecified atom stereocenters. The Hall–Kier alpha value is -2.64. The molecule has 0 atom stereocenters. The maximum Gasteiger partial charge on any atom is 0.274 e. The number of aromatic nitrogens is 1. The first-order valence-electron chi connectivity index (χ1n) is 8.56. The van der Waals surface area contributed by atoms with Gasteiger partial charge < -0.3 is 19.9 Å². The van der Waals surface area contributed by atoms with Crippen LogP contribution in [0, 0.1) is 0 Å². The van der Waals surface area contributed by atoms with Gasteiger partial charge in [-0.05, 0) is 37.4 Å². The third-order valence-electron chi connectivity index (χ3n) is 4.44. The van der Waals surface area contributed by atoms with Crippen LogP contribution in [0.15, 0.2) is 36.5 Å². The van der Waals surface area contributed by atoms with Gasteiger partial charge in [0.1, 0.15) is 11.4 Å². The van der Waals surface area contributed by atoms with E-state index < -0.39 is 5.91 Å². The number of halogens is 1. The molecule has 3 rings (SSSR count). The van der Waals surface area contributed by atoms with E-state index in [2.05, 4.69) is 15.2 Å². The molecule has 1 aromatic heterocycles. The van der Waals surface area contributed by atoms with E-state index in [1.165, 1.54) is 19.4 Å². The van der Waals surface area contributed by atoms with Gasteiger partial charge in [-0.2, -0.15) is 0 Å². The summed E-state index contributed by atoms with van der Waals surface area (Å²) in [6.45, 7) is 3.01. The summed E-state index contributed by atoms with van der Waals surface area (Å²) in [5.74, 6) is 0.0175. The van der Waals surface area contributed by atoms with Crippen molar-refractivity contribution in [1.82, 2.24) is 14.8 Å². The zero-order chi connectivity index (χ0) is 19.4. The van der Waals surface area contributed by atoms with Gasteiger partial charge in [0.2, 0.25) is 0 Å². The van der Waals surface area contributed by atoms with Gasteiger partial charge in [-0.15, -0.1) is 0 Å². The van der Waals surface area contributed by atoms with E-state index in [0.717, 1.165) is 13.1 Å². The number of likely N-dealkylation sites (N-methyl/N-ethyl adjacent to an activating group) is 1. The molecule has 1 N–H and O–H groups in total. The highest BCUT2D eigenvalue weighted by Gasteiger charge is 2.21. The second-order valence-corrected chi connectivity index (χ2v) is 6.74. The molecular weight excluding hydrogens is 368 g/mol. The maximum absolute atomic E-state index is 12.7. The van der Waals surface area contributed by atoms with Crippen LogP contribution in [0.1, 0.15) is 20.8 Å². The minimum Gasteiger partial charge on any atom is -0.495 e. The molecule has 1 aliphatic heterocycles. The molecule has 7 nitrogen and oxygen atoms in total. The lowest BCUT2D eigenvalue weighted by atomic mass is 10.1. The third kappa shape index (κ3) is 4.56. The number of rotatable bonds is 4. The SMILES string of the molecule is COc1ccc(NC(=O)c2cc(C(=O)N3CCN(C)CC3)ccn2)cc1Cl. The average molecular weight is 389 g/mol. The standard InChI is InChI=1S/C19H21ClN4O3/c1-23-7-9-24(10-8-23)19(26)13-5-6-21-16(11-13)18(25)22-14-3-4-17(27-2)15(20)12-14/h3-6,11-12H,7-10H2,1-2H3,(H,22,25). The molecule has 0 aliphatic carbocycles. The van der Waals surface area contributed by atoms with Gasteiger partial charge in [0.25, 0.3) is 11.8 Å². The first-order chi connectivity index (χ1) is 13.0. The van der Waals surface area contributed by atoms with Crippen molar-refractivity contribution in [2.45, 2.75) is 0 Å². The molecule has 142 valence electrons. The third-order valence-corrected chi connectivity index (χ3v) is 4.74. The molecule has 1 saturated heterocycles. The molecule has 0 saturated carbocycles. The van der Waals surface area contributed by atoms with Crippen molar-refractivity contribution < 1.29 is 14.3 Å². The predicted octanol–water partition coefficient (Wildman–Crippen LogP) is 2.38. The van der Waals surface area contributed by atoms with Crippen molar-refractivity contribution in [2.75, 3.05) is 45.7 Å². The summed E-state index contributed by atoms with van der Waals surface area (Å²) in [5.41, 5.74) is 1.14. The number of nitrogens with one attached hydrogen (secondary N) is 1. The fourth-order valence-corrected chi connectivity index (χ4v) is 3.08. The Balaban J connectivity index is 1.72. The number of benzene rings is 1. The number of pyridine rings is 1. The molecule has 2 amide bonds. The summed E-state index contributed by atoms with van der Waals surface area (Å²) in [6, 6.07) is 8.08. The lowest BCUT2D eigenvalue weighted by molar-refractivity contribution is 0.0664. The Morgan fingerprint density at radius 2 is 1.89 bits per heavy atom. The lowest BCUT2D eigenvalue weighted by Crippen LogP contribution is -2.47. The minimum atomic E-state index is -0.413. The number of hydrogen-bond donors (Lipinski definition) is 1. The molecule has 2 heterocycles. The molecular formula is C19H21ClN4O3. The van der Waals surface area contributed by atoms with Crippen LogP contribution in [-0.4, -0.2) is 66.9 Å². The molecule has 1 aliphatic rings. The molecule has 1 aromatic carbocycles. The molecule has 27 heavy (non-hydrogen) atoms. The number of ether oxygens (including phenoxy) is 1. The quantitative estimate of drug-likeness (QED) is 0.870. The number of amides is 2. The van der Waals surface area contributed by atoms with E-state index in [1.807, 2.05) is 7.05 Å². The smallest absolute Gasteiger partial charge is 0.274 e. The van der Waals surface area contributed by atoms with Crippen molar-refractivity contribution >= 4 is 29.1 Å². The zero-order valence-electron chi connectivity index (χ0n) is 15.2. The molecule has 0 radical (unpaired) electrons. The first kappa shape index (κ1) is 19.1. The maximum atomic E-state index is 12.7. The second kappa shape index (κ2) is 8.37. The van der Waals surface area contributed by atoms with E-state index in [9.17, 15) is 9.59 Å². The summed E-state index contributed by atoms with van der Waals surface area (Å²) in [4.78, 5) is 33.2. The van der Waals surface area contributed by atoms with Crippen LogP contribution in [0.3, 0.4) is 0 Å². The van der Waals surface area contributed by atoms with E-state index in [-0.39, 0.29) is 11.6 Å². The fourth-order valence-electron chi connectivity index (χ4n) is 2.82. The summed E-state index contributed by atoms with van der Waals surface area (Å²) >= 11 is 6.08. The van der Waals surface area contributed by atoms with Crippen molar-refractivity contribution in [3.05, 3.63) is 52.8 Å². The van der Waals surface area contributed by atoms with Crippen LogP contribution in [0.25, 0.3) is 0 Å². The summed E-state index contributed by atoms with van der Waals surface area (Å²) in [5, 5.41) is 3.12. The van der Waals surface area contributed by atoms with Crippen LogP contribution in [0.4, 0.5) is 5.69 Å². The van der Waals surface area contributed by atoms with E-state index in [4.69, 9.17) is 16.3 Å². The minimum absolute atomic E-state index is 0.0907. The lowest BCUT2D eigenvalue weighted by Gasteiger charge is -2.32. The van der Waals surface area contributed by atoms with Gasteiger partial charge in [-0.3, -0.25) is 14.6 Å². The predicted molar refractivity (Wildman–Crippen MR) is 104 cm³/mol. The Labute approximate surface area is 162 Å². The van der Waals surface area contributed by atoms with Crippen LogP contribution >= 0.6 is 11.6 Å². The van der Waals surface area contributed by atoms with Gasteiger partial charge in [0.15, 0.2) is 0 Å². The monoisotopic (exact) mass is 388 g/mol. The van der Waals surface area contributed by atoms with Gasteiger partial charge >= 0.3 is 0 Å². The highest BCUT2D eigenvalue weighted by atomic mass is 35.5. The Bertz CT molecular complexity index is 851. The van der Waals surface area contributed by atoms with E-state index in [1.54, 1.807) is 29.2 Å². The summed E-state index contributed by atoms with van der Waals surface area (Å²) < 4.78 is 5.09. The highest BCUT2D eigenvalue weighted by Crippen LogP contribution is 2.27. The van der Waals surface area contributed by atoms with Gasteiger partial charge in [-0.25, -0.2) is 0 Å². The highest BCUT2D eigenvalue weighted by molar-refractivity contribution is 6.32. The number of carbonyl (C=O) groups excluding carboxylic acids is 2.